The van der Waals surface area contributed by atoms with Crippen molar-refractivity contribution < 1.29 is 13.2 Å². The maximum atomic E-state index is 11.4. The van der Waals surface area contributed by atoms with Crippen LogP contribution < -0.4 is 4.74 Å². The summed E-state index contributed by atoms with van der Waals surface area (Å²) in [6.45, 7) is 9.70. The summed E-state index contributed by atoms with van der Waals surface area (Å²) < 4.78 is 28.6. The average molecular weight is 254 g/mol. The molecule has 1 heterocycles. The standard InChI is InChI=1S/C13H18O3S/c1-7-8(2)12(17(14)15)9(3)10-6-13(4,5)16-11(7)10/h17H,6H2,1-5H3. The van der Waals surface area contributed by atoms with Crippen molar-refractivity contribution in [1.29, 1.82) is 0 Å². The molecule has 2 rings (SSSR count). The van der Waals surface area contributed by atoms with Crippen LogP contribution in [0.15, 0.2) is 4.90 Å². The maximum absolute atomic E-state index is 11.4. The minimum Gasteiger partial charge on any atom is -0.487 e. The molecule has 0 fully saturated rings. The van der Waals surface area contributed by atoms with Crippen LogP contribution in [0.25, 0.3) is 0 Å². The maximum Gasteiger partial charge on any atom is 0.168 e. The summed E-state index contributed by atoms with van der Waals surface area (Å²) in [5.74, 6) is 0.880. The summed E-state index contributed by atoms with van der Waals surface area (Å²) in [5, 5.41) is 0. The van der Waals surface area contributed by atoms with E-state index in [1.54, 1.807) is 0 Å². The van der Waals surface area contributed by atoms with Crippen molar-refractivity contribution in [2.24, 2.45) is 0 Å². The molecule has 0 saturated carbocycles. The van der Waals surface area contributed by atoms with Gasteiger partial charge < -0.3 is 4.74 Å². The summed E-state index contributed by atoms with van der Waals surface area (Å²) in [7, 11) is -2.55. The summed E-state index contributed by atoms with van der Waals surface area (Å²) >= 11 is 0. The Kier molecular flexibility index (Phi) is 2.73. The number of benzene rings is 1. The third kappa shape index (κ3) is 1.84. The van der Waals surface area contributed by atoms with E-state index in [9.17, 15) is 8.42 Å². The van der Waals surface area contributed by atoms with Crippen molar-refractivity contribution >= 4 is 10.7 Å². The Balaban J connectivity index is 2.79. The molecule has 3 nitrogen and oxygen atoms in total. The van der Waals surface area contributed by atoms with E-state index >= 15 is 0 Å². The highest BCUT2D eigenvalue weighted by molar-refractivity contribution is 7.72. The monoisotopic (exact) mass is 254 g/mol. The van der Waals surface area contributed by atoms with Crippen molar-refractivity contribution in [3.05, 3.63) is 22.3 Å². The number of ether oxygens (including phenoxy) is 1. The van der Waals surface area contributed by atoms with E-state index in [-0.39, 0.29) is 5.60 Å². The molecule has 0 bridgehead atoms. The van der Waals surface area contributed by atoms with Crippen molar-refractivity contribution in [2.45, 2.75) is 51.5 Å². The fourth-order valence-corrected chi connectivity index (χ4v) is 3.38. The lowest BCUT2D eigenvalue weighted by atomic mass is 9.94. The number of thiol groups is 1. The smallest absolute Gasteiger partial charge is 0.168 e. The molecule has 0 aliphatic carbocycles. The Morgan fingerprint density at radius 3 is 2.18 bits per heavy atom. The van der Waals surface area contributed by atoms with Gasteiger partial charge in [0.25, 0.3) is 0 Å². The third-order valence-electron chi connectivity index (χ3n) is 3.50. The van der Waals surface area contributed by atoms with Gasteiger partial charge in [-0.25, -0.2) is 8.42 Å². The predicted octanol–water partition coefficient (Wildman–Crippen LogP) is 2.30. The highest BCUT2D eigenvalue weighted by atomic mass is 32.2. The van der Waals surface area contributed by atoms with Gasteiger partial charge in [0.15, 0.2) is 10.7 Å². The average Bonchev–Trinajstić information content (AvgIpc) is 2.51. The van der Waals surface area contributed by atoms with Gasteiger partial charge in [0.1, 0.15) is 11.4 Å². The van der Waals surface area contributed by atoms with E-state index in [1.807, 2.05) is 34.6 Å². The minimum atomic E-state index is -2.55. The molecule has 0 N–H and O–H groups in total. The Bertz CT molecular complexity index is 561. The molecular formula is C13H18O3S. The van der Waals surface area contributed by atoms with Crippen LogP contribution >= 0.6 is 0 Å². The Labute approximate surface area is 104 Å². The van der Waals surface area contributed by atoms with Gasteiger partial charge in [0.05, 0.1) is 4.90 Å². The van der Waals surface area contributed by atoms with E-state index in [4.69, 9.17) is 4.74 Å². The second-order valence-electron chi connectivity index (χ2n) is 5.33. The largest absolute Gasteiger partial charge is 0.487 e. The van der Waals surface area contributed by atoms with Gasteiger partial charge in [-0.1, -0.05) is 0 Å². The molecule has 1 aliphatic heterocycles. The van der Waals surface area contributed by atoms with Crippen molar-refractivity contribution in [3.8, 4) is 5.75 Å². The van der Waals surface area contributed by atoms with Gasteiger partial charge in [-0.3, -0.25) is 0 Å². The lowest BCUT2D eigenvalue weighted by Crippen LogP contribution is -2.24. The van der Waals surface area contributed by atoms with E-state index in [0.717, 1.165) is 34.4 Å². The second-order valence-corrected chi connectivity index (χ2v) is 6.29. The van der Waals surface area contributed by atoms with Gasteiger partial charge in [0.2, 0.25) is 0 Å². The van der Waals surface area contributed by atoms with Crippen molar-refractivity contribution in [1.82, 2.24) is 0 Å². The fourth-order valence-electron chi connectivity index (χ4n) is 2.53. The topological polar surface area (TPSA) is 43.4 Å². The van der Waals surface area contributed by atoms with Crippen LogP contribution in [0.4, 0.5) is 0 Å². The molecule has 1 aliphatic rings. The predicted molar refractivity (Wildman–Crippen MR) is 67.6 cm³/mol. The Hall–Kier alpha value is -1.03. The van der Waals surface area contributed by atoms with Gasteiger partial charge in [0, 0.05) is 12.0 Å². The number of rotatable bonds is 1. The van der Waals surface area contributed by atoms with Gasteiger partial charge in [-0.2, -0.15) is 0 Å². The summed E-state index contributed by atoms with van der Waals surface area (Å²) in [4.78, 5) is 0.470. The van der Waals surface area contributed by atoms with Crippen LogP contribution in [0.5, 0.6) is 5.75 Å². The van der Waals surface area contributed by atoms with Gasteiger partial charge >= 0.3 is 0 Å². The van der Waals surface area contributed by atoms with E-state index < -0.39 is 10.7 Å². The first-order valence-electron chi connectivity index (χ1n) is 5.70. The van der Waals surface area contributed by atoms with Crippen molar-refractivity contribution in [2.75, 3.05) is 0 Å². The van der Waals surface area contributed by atoms with E-state index in [1.165, 1.54) is 0 Å². The van der Waals surface area contributed by atoms with Crippen LogP contribution in [0.3, 0.4) is 0 Å². The molecule has 0 spiro atoms. The highest BCUT2D eigenvalue weighted by Gasteiger charge is 2.34. The van der Waals surface area contributed by atoms with Gasteiger partial charge in [-0.05, 0) is 51.3 Å². The highest BCUT2D eigenvalue weighted by Crippen LogP contribution is 2.42. The van der Waals surface area contributed by atoms with Crippen LogP contribution in [0.1, 0.15) is 36.1 Å². The molecule has 0 unspecified atom stereocenters. The number of hydrogen-bond acceptors (Lipinski definition) is 3. The first kappa shape index (κ1) is 12.4. The minimum absolute atomic E-state index is 0.239. The SMILES string of the molecule is Cc1c(C)c([SH](=O)=O)c(C)c2c1OC(C)(C)C2. The second kappa shape index (κ2) is 3.73. The molecule has 17 heavy (non-hydrogen) atoms. The molecule has 0 atom stereocenters. The number of hydrogen-bond donors (Lipinski definition) is 1. The zero-order chi connectivity index (χ0) is 13.0. The summed E-state index contributed by atoms with van der Waals surface area (Å²) in [6.07, 6.45) is 0.769. The van der Waals surface area contributed by atoms with Crippen LogP contribution in [0, 0.1) is 20.8 Å². The lowest BCUT2D eigenvalue weighted by Gasteiger charge is -2.18. The van der Waals surface area contributed by atoms with Crippen molar-refractivity contribution in [3.63, 3.8) is 0 Å². The molecule has 0 aromatic heterocycles. The molecule has 1 aromatic carbocycles. The normalized spacial score (nSPS) is 17.1. The fraction of sp³-hybridized carbons (Fsp3) is 0.538. The Morgan fingerprint density at radius 2 is 1.65 bits per heavy atom. The molecule has 94 valence electrons. The zero-order valence-electron chi connectivity index (χ0n) is 10.9. The first-order valence-corrected chi connectivity index (χ1v) is 6.88. The molecule has 4 heteroatoms. The quantitative estimate of drug-likeness (QED) is 0.782. The summed E-state index contributed by atoms with van der Waals surface area (Å²) in [5.41, 5.74) is 3.43. The molecule has 1 aromatic rings. The lowest BCUT2D eigenvalue weighted by molar-refractivity contribution is 0.137. The molecular weight excluding hydrogens is 236 g/mol. The van der Waals surface area contributed by atoms with Crippen LogP contribution in [0.2, 0.25) is 0 Å². The first-order chi connectivity index (χ1) is 7.74. The molecule has 0 saturated heterocycles. The summed E-state index contributed by atoms with van der Waals surface area (Å²) in [6, 6.07) is 0. The third-order valence-corrected chi connectivity index (χ3v) is 4.54. The Morgan fingerprint density at radius 1 is 1.06 bits per heavy atom. The van der Waals surface area contributed by atoms with Crippen LogP contribution in [-0.2, 0) is 17.1 Å². The molecule has 0 radical (unpaired) electrons. The zero-order valence-corrected chi connectivity index (χ0v) is 11.8. The number of fused-ring (bicyclic) bond motifs is 1. The molecule has 0 amide bonds. The van der Waals surface area contributed by atoms with Crippen LogP contribution in [-0.4, -0.2) is 14.0 Å². The van der Waals surface area contributed by atoms with E-state index in [2.05, 4.69) is 0 Å². The van der Waals surface area contributed by atoms with E-state index in [0.29, 0.717) is 4.90 Å². The van der Waals surface area contributed by atoms with Gasteiger partial charge in [-0.15, -0.1) is 0 Å².